The molecule has 25 heavy (non-hydrogen) atoms. The van der Waals surface area contributed by atoms with Crippen molar-refractivity contribution in [2.45, 2.75) is 44.2 Å². The van der Waals surface area contributed by atoms with Crippen molar-refractivity contribution in [1.82, 2.24) is 14.9 Å². The number of rotatable bonds is 4. The van der Waals surface area contributed by atoms with Crippen LogP contribution in [0, 0.1) is 0 Å². The normalized spacial score (nSPS) is 22.8. The van der Waals surface area contributed by atoms with E-state index in [-0.39, 0.29) is 6.04 Å². The molecule has 1 saturated heterocycles. The van der Waals surface area contributed by atoms with Crippen molar-refractivity contribution < 1.29 is 9.47 Å². The number of hydrogen-bond donors (Lipinski definition) is 1. The molecule has 0 amide bonds. The Morgan fingerprint density at radius 1 is 1.16 bits per heavy atom. The lowest BCUT2D eigenvalue weighted by atomic mass is 9.93. The second kappa shape index (κ2) is 7.58. The summed E-state index contributed by atoms with van der Waals surface area (Å²) >= 11 is 0. The average Bonchev–Trinajstić information content (AvgIpc) is 3.19. The highest BCUT2D eigenvalue weighted by Gasteiger charge is 2.32. The molecule has 0 bridgehead atoms. The fourth-order valence-electron chi connectivity index (χ4n) is 4.13. The maximum Gasteiger partial charge on any atom is 0.126 e. The maximum atomic E-state index is 5.78. The van der Waals surface area contributed by atoms with Gasteiger partial charge in [-0.25, -0.2) is 4.98 Å². The summed E-state index contributed by atoms with van der Waals surface area (Å²) in [6.07, 6.45) is 8.64. The molecule has 1 aromatic heterocycles. The van der Waals surface area contributed by atoms with Gasteiger partial charge in [-0.05, 0) is 42.7 Å². The van der Waals surface area contributed by atoms with Crippen LogP contribution in [0.1, 0.15) is 44.0 Å². The Morgan fingerprint density at radius 3 is 2.72 bits per heavy atom. The molecule has 0 unspecified atom stereocenters. The van der Waals surface area contributed by atoms with Crippen molar-refractivity contribution in [1.29, 1.82) is 0 Å². The molecule has 2 aromatic rings. The topological polar surface area (TPSA) is 50.4 Å². The third kappa shape index (κ3) is 3.58. The van der Waals surface area contributed by atoms with Gasteiger partial charge in [0.05, 0.1) is 38.3 Å². The fourth-order valence-corrected chi connectivity index (χ4v) is 4.13. The van der Waals surface area contributed by atoms with Crippen molar-refractivity contribution in [3.63, 3.8) is 0 Å². The number of imidazole rings is 1. The average molecular weight is 341 g/mol. The molecular formula is C20H27N3O2. The van der Waals surface area contributed by atoms with Gasteiger partial charge in [0.25, 0.3) is 0 Å². The Morgan fingerprint density at radius 2 is 1.96 bits per heavy atom. The van der Waals surface area contributed by atoms with E-state index in [4.69, 9.17) is 14.5 Å². The SMILES string of the molecule is COc1ccc(-c2cnc([C@@H]3COCCN3C3CCCCC3)[nH]2)cc1. The molecule has 1 atom stereocenters. The van der Waals surface area contributed by atoms with Crippen LogP contribution in [0.5, 0.6) is 5.75 Å². The van der Waals surface area contributed by atoms with Gasteiger partial charge < -0.3 is 14.5 Å². The van der Waals surface area contributed by atoms with E-state index >= 15 is 0 Å². The second-order valence-electron chi connectivity index (χ2n) is 7.03. The molecule has 1 N–H and O–H groups in total. The van der Waals surface area contributed by atoms with Crippen molar-refractivity contribution in [3.8, 4) is 17.0 Å². The van der Waals surface area contributed by atoms with E-state index in [0.717, 1.165) is 42.6 Å². The summed E-state index contributed by atoms with van der Waals surface area (Å²) in [4.78, 5) is 10.9. The van der Waals surface area contributed by atoms with E-state index in [1.807, 2.05) is 18.3 Å². The Balaban J connectivity index is 1.54. The first-order valence-corrected chi connectivity index (χ1v) is 9.38. The van der Waals surface area contributed by atoms with E-state index in [1.54, 1.807) is 7.11 Å². The quantitative estimate of drug-likeness (QED) is 0.919. The van der Waals surface area contributed by atoms with E-state index in [9.17, 15) is 0 Å². The fraction of sp³-hybridized carbons (Fsp3) is 0.550. The van der Waals surface area contributed by atoms with E-state index in [0.29, 0.717) is 6.04 Å². The molecule has 0 radical (unpaired) electrons. The van der Waals surface area contributed by atoms with Gasteiger partial charge >= 0.3 is 0 Å². The number of morpholine rings is 1. The standard InChI is InChI=1S/C20H27N3O2/c1-24-17-9-7-15(8-10-17)18-13-21-20(22-18)19-14-25-12-11-23(19)16-5-3-2-4-6-16/h7-10,13,16,19H,2-6,11-12,14H2,1H3,(H,21,22)/t19-/m0/s1. The lowest BCUT2D eigenvalue weighted by Gasteiger charge is -2.41. The Labute approximate surface area is 149 Å². The molecule has 1 saturated carbocycles. The summed E-state index contributed by atoms with van der Waals surface area (Å²) in [5, 5.41) is 0. The molecule has 4 rings (SSSR count). The first kappa shape index (κ1) is 16.6. The van der Waals surface area contributed by atoms with Crippen LogP contribution in [0.2, 0.25) is 0 Å². The maximum absolute atomic E-state index is 5.78. The molecule has 0 spiro atoms. The van der Waals surface area contributed by atoms with Gasteiger partial charge in [0.15, 0.2) is 0 Å². The summed E-state index contributed by atoms with van der Waals surface area (Å²) < 4.78 is 11.0. The molecule has 5 heteroatoms. The third-order valence-corrected chi connectivity index (χ3v) is 5.53. The summed E-state index contributed by atoms with van der Waals surface area (Å²) in [5.41, 5.74) is 2.17. The molecule has 134 valence electrons. The van der Waals surface area contributed by atoms with Gasteiger partial charge in [-0.1, -0.05) is 19.3 Å². The van der Waals surface area contributed by atoms with E-state index in [1.165, 1.54) is 32.1 Å². The van der Waals surface area contributed by atoms with Crippen LogP contribution in [-0.4, -0.2) is 47.8 Å². The molecule has 2 fully saturated rings. The number of ether oxygens (including phenoxy) is 2. The van der Waals surface area contributed by atoms with Crippen LogP contribution in [0.4, 0.5) is 0 Å². The Bertz CT molecular complexity index is 677. The minimum absolute atomic E-state index is 0.240. The molecule has 2 aliphatic rings. The van der Waals surface area contributed by atoms with Crippen molar-refractivity contribution in [3.05, 3.63) is 36.3 Å². The molecule has 1 aromatic carbocycles. The monoisotopic (exact) mass is 341 g/mol. The Kier molecular flexibility index (Phi) is 5.04. The number of H-pyrrole nitrogens is 1. The lowest BCUT2D eigenvalue weighted by Crippen LogP contribution is -2.46. The largest absolute Gasteiger partial charge is 0.497 e. The van der Waals surface area contributed by atoms with Gasteiger partial charge in [-0.2, -0.15) is 0 Å². The predicted molar refractivity (Wildman–Crippen MR) is 97.7 cm³/mol. The smallest absolute Gasteiger partial charge is 0.126 e. The first-order chi connectivity index (χ1) is 12.3. The molecule has 5 nitrogen and oxygen atoms in total. The zero-order chi connectivity index (χ0) is 17.1. The van der Waals surface area contributed by atoms with Crippen molar-refractivity contribution in [2.75, 3.05) is 26.9 Å². The third-order valence-electron chi connectivity index (χ3n) is 5.53. The number of nitrogens with zero attached hydrogens (tertiary/aromatic N) is 2. The van der Waals surface area contributed by atoms with Gasteiger partial charge in [-0.15, -0.1) is 0 Å². The zero-order valence-electron chi connectivity index (χ0n) is 14.9. The molecule has 1 aliphatic carbocycles. The van der Waals surface area contributed by atoms with E-state index in [2.05, 4.69) is 22.0 Å². The highest BCUT2D eigenvalue weighted by Crippen LogP contribution is 2.32. The predicted octanol–water partition coefficient (Wildman–Crippen LogP) is 3.79. The van der Waals surface area contributed by atoms with Crippen LogP contribution >= 0.6 is 0 Å². The van der Waals surface area contributed by atoms with Gasteiger partial charge in [-0.3, -0.25) is 4.90 Å². The van der Waals surface area contributed by atoms with Gasteiger partial charge in [0.2, 0.25) is 0 Å². The summed E-state index contributed by atoms with van der Waals surface area (Å²) in [6, 6.07) is 9.00. The van der Waals surface area contributed by atoms with Crippen LogP contribution < -0.4 is 4.74 Å². The second-order valence-corrected chi connectivity index (χ2v) is 7.03. The van der Waals surface area contributed by atoms with Gasteiger partial charge in [0.1, 0.15) is 11.6 Å². The van der Waals surface area contributed by atoms with Crippen LogP contribution in [0.3, 0.4) is 0 Å². The number of aromatic nitrogens is 2. The number of methoxy groups -OCH3 is 1. The molecule has 2 heterocycles. The lowest BCUT2D eigenvalue weighted by molar-refractivity contribution is -0.0400. The number of benzene rings is 1. The van der Waals surface area contributed by atoms with E-state index < -0.39 is 0 Å². The minimum atomic E-state index is 0.240. The molecular weight excluding hydrogens is 314 g/mol. The Hall–Kier alpha value is -1.85. The van der Waals surface area contributed by atoms with Crippen LogP contribution in [0.25, 0.3) is 11.3 Å². The number of hydrogen-bond acceptors (Lipinski definition) is 4. The number of nitrogens with one attached hydrogen (secondary N) is 1. The van der Waals surface area contributed by atoms with Crippen molar-refractivity contribution in [2.24, 2.45) is 0 Å². The minimum Gasteiger partial charge on any atom is -0.497 e. The highest BCUT2D eigenvalue weighted by molar-refractivity contribution is 5.59. The number of aromatic amines is 1. The van der Waals surface area contributed by atoms with Crippen LogP contribution in [-0.2, 0) is 4.74 Å². The highest BCUT2D eigenvalue weighted by atomic mass is 16.5. The van der Waals surface area contributed by atoms with Crippen LogP contribution in [0.15, 0.2) is 30.5 Å². The molecule has 1 aliphatic heterocycles. The summed E-state index contributed by atoms with van der Waals surface area (Å²) in [7, 11) is 1.69. The summed E-state index contributed by atoms with van der Waals surface area (Å²) in [6.45, 7) is 2.57. The first-order valence-electron chi connectivity index (χ1n) is 9.38. The summed E-state index contributed by atoms with van der Waals surface area (Å²) in [5.74, 6) is 1.89. The van der Waals surface area contributed by atoms with Crippen molar-refractivity contribution >= 4 is 0 Å². The zero-order valence-corrected chi connectivity index (χ0v) is 14.9. The van der Waals surface area contributed by atoms with Gasteiger partial charge in [0, 0.05) is 12.6 Å².